The minimum atomic E-state index is -0.783. The van der Waals surface area contributed by atoms with Crippen molar-refractivity contribution in [1.29, 1.82) is 0 Å². The zero-order valence-corrected chi connectivity index (χ0v) is 6.32. The average molecular weight is 156 g/mol. The number of hydrogen-bond donors (Lipinski definition) is 1. The molecule has 1 saturated heterocycles. The van der Waals surface area contributed by atoms with Crippen LogP contribution in [0, 0.1) is 5.92 Å². The van der Waals surface area contributed by atoms with Gasteiger partial charge in [-0.3, -0.25) is 4.79 Å². The summed E-state index contributed by atoms with van der Waals surface area (Å²) in [6.45, 7) is 4.18. The van der Waals surface area contributed by atoms with Gasteiger partial charge in [0.2, 0.25) is 0 Å². The topological polar surface area (TPSA) is 46.5 Å². The molecule has 0 aromatic carbocycles. The quantitative estimate of drug-likeness (QED) is 0.608. The number of ether oxygens (including phenoxy) is 1. The lowest BCUT2D eigenvalue weighted by atomic mass is 9.95. The smallest absolute Gasteiger partial charge is 0.309 e. The Kier molecular flexibility index (Phi) is 2.65. The second-order valence-corrected chi connectivity index (χ2v) is 2.66. The lowest BCUT2D eigenvalue weighted by Gasteiger charge is -2.25. The van der Waals surface area contributed by atoms with Crippen LogP contribution in [0.3, 0.4) is 0 Å². The van der Waals surface area contributed by atoms with Crippen molar-refractivity contribution in [2.75, 3.05) is 6.61 Å². The highest BCUT2D eigenvalue weighted by Crippen LogP contribution is 2.21. The van der Waals surface area contributed by atoms with Gasteiger partial charge in [0.1, 0.15) is 0 Å². The highest BCUT2D eigenvalue weighted by Gasteiger charge is 2.29. The van der Waals surface area contributed by atoms with Gasteiger partial charge >= 0.3 is 5.97 Å². The molecule has 0 amide bonds. The Bertz CT molecular complexity index is 165. The molecule has 0 spiro atoms. The molecule has 1 N–H and O–H groups in total. The first-order valence-corrected chi connectivity index (χ1v) is 3.72. The van der Waals surface area contributed by atoms with Crippen LogP contribution in [0.2, 0.25) is 0 Å². The zero-order valence-electron chi connectivity index (χ0n) is 6.32. The lowest BCUT2D eigenvalue weighted by Crippen LogP contribution is -2.33. The molecule has 0 radical (unpaired) electrons. The normalized spacial score (nSPS) is 31.3. The van der Waals surface area contributed by atoms with E-state index in [1.807, 2.05) is 0 Å². The van der Waals surface area contributed by atoms with Crippen molar-refractivity contribution in [3.8, 4) is 0 Å². The molecule has 1 heterocycles. The van der Waals surface area contributed by atoms with E-state index in [-0.39, 0.29) is 12.0 Å². The molecule has 0 saturated carbocycles. The van der Waals surface area contributed by atoms with E-state index in [2.05, 4.69) is 6.58 Å². The molecule has 62 valence electrons. The van der Waals surface area contributed by atoms with Crippen LogP contribution >= 0.6 is 0 Å². The second kappa shape index (κ2) is 3.53. The molecule has 1 aliphatic heterocycles. The van der Waals surface area contributed by atoms with E-state index in [1.165, 1.54) is 0 Å². The first-order valence-electron chi connectivity index (χ1n) is 3.72. The summed E-state index contributed by atoms with van der Waals surface area (Å²) in [5.41, 5.74) is 0. The zero-order chi connectivity index (χ0) is 8.27. The summed E-state index contributed by atoms with van der Waals surface area (Å²) in [7, 11) is 0. The predicted octanol–water partition coefficient (Wildman–Crippen LogP) is 1.05. The molecule has 0 aromatic rings. The van der Waals surface area contributed by atoms with Crippen molar-refractivity contribution in [3.63, 3.8) is 0 Å². The maximum absolute atomic E-state index is 10.6. The molecule has 2 atom stereocenters. The van der Waals surface area contributed by atoms with Crippen LogP contribution in [0.5, 0.6) is 0 Å². The number of aliphatic carboxylic acids is 1. The number of rotatable bonds is 2. The third kappa shape index (κ3) is 1.80. The minimum absolute atomic E-state index is 0.291. The molecule has 0 aliphatic carbocycles. The Morgan fingerprint density at radius 1 is 1.73 bits per heavy atom. The molecule has 11 heavy (non-hydrogen) atoms. The van der Waals surface area contributed by atoms with Crippen molar-refractivity contribution in [1.82, 2.24) is 0 Å². The first-order chi connectivity index (χ1) is 5.25. The fraction of sp³-hybridized carbons (Fsp3) is 0.625. The predicted molar refractivity (Wildman–Crippen MR) is 40.3 cm³/mol. The monoisotopic (exact) mass is 156 g/mol. The minimum Gasteiger partial charge on any atom is -0.481 e. The van der Waals surface area contributed by atoms with E-state index in [1.54, 1.807) is 6.08 Å². The van der Waals surface area contributed by atoms with Crippen LogP contribution in [-0.2, 0) is 9.53 Å². The van der Waals surface area contributed by atoms with Crippen molar-refractivity contribution in [2.24, 2.45) is 5.92 Å². The largest absolute Gasteiger partial charge is 0.481 e. The van der Waals surface area contributed by atoms with E-state index in [0.717, 1.165) is 6.42 Å². The highest BCUT2D eigenvalue weighted by atomic mass is 16.5. The summed E-state index contributed by atoms with van der Waals surface area (Å²) in [6.07, 6.45) is 2.81. The number of hydrogen-bond acceptors (Lipinski definition) is 2. The third-order valence-corrected chi connectivity index (χ3v) is 1.92. The average Bonchev–Trinajstić information content (AvgIpc) is 2.04. The van der Waals surface area contributed by atoms with E-state index in [0.29, 0.717) is 13.0 Å². The van der Waals surface area contributed by atoms with Crippen LogP contribution in [-0.4, -0.2) is 23.8 Å². The van der Waals surface area contributed by atoms with Gasteiger partial charge in [-0.2, -0.15) is 0 Å². The Hall–Kier alpha value is -0.830. The molecular formula is C8H12O3. The van der Waals surface area contributed by atoms with Crippen molar-refractivity contribution >= 4 is 5.97 Å². The van der Waals surface area contributed by atoms with Gasteiger partial charge in [0, 0.05) is 6.61 Å². The van der Waals surface area contributed by atoms with Crippen molar-refractivity contribution in [2.45, 2.75) is 18.9 Å². The van der Waals surface area contributed by atoms with Gasteiger partial charge < -0.3 is 9.84 Å². The summed E-state index contributed by atoms with van der Waals surface area (Å²) in [5, 5.41) is 8.71. The molecular weight excluding hydrogens is 144 g/mol. The molecule has 1 rings (SSSR count). The molecule has 1 aliphatic rings. The summed E-state index contributed by atoms with van der Waals surface area (Å²) < 4.78 is 5.20. The maximum Gasteiger partial charge on any atom is 0.309 e. The van der Waals surface area contributed by atoms with E-state index < -0.39 is 5.97 Å². The molecule has 1 fully saturated rings. The first kappa shape index (κ1) is 8.27. The van der Waals surface area contributed by atoms with Gasteiger partial charge in [-0.05, 0) is 12.8 Å². The van der Waals surface area contributed by atoms with Crippen LogP contribution < -0.4 is 0 Å². The van der Waals surface area contributed by atoms with Gasteiger partial charge in [0.25, 0.3) is 0 Å². The third-order valence-electron chi connectivity index (χ3n) is 1.92. The lowest BCUT2D eigenvalue weighted by molar-refractivity contribution is -0.149. The van der Waals surface area contributed by atoms with Crippen LogP contribution in [0.15, 0.2) is 12.7 Å². The number of carbonyl (C=O) groups is 1. The van der Waals surface area contributed by atoms with Crippen molar-refractivity contribution in [3.05, 3.63) is 12.7 Å². The molecule has 3 nitrogen and oxygen atoms in total. The van der Waals surface area contributed by atoms with Gasteiger partial charge in [0.05, 0.1) is 12.0 Å². The fourth-order valence-electron chi connectivity index (χ4n) is 1.30. The molecule has 3 heteroatoms. The van der Waals surface area contributed by atoms with Crippen molar-refractivity contribution < 1.29 is 14.6 Å². The van der Waals surface area contributed by atoms with Crippen LogP contribution in [0.25, 0.3) is 0 Å². The number of carboxylic acids is 1. The Labute approximate surface area is 65.7 Å². The second-order valence-electron chi connectivity index (χ2n) is 2.66. The Morgan fingerprint density at radius 2 is 2.45 bits per heavy atom. The van der Waals surface area contributed by atoms with Crippen LogP contribution in [0.1, 0.15) is 12.8 Å². The van der Waals surface area contributed by atoms with E-state index in [4.69, 9.17) is 9.84 Å². The standard InChI is InChI=1S/C8H12O3/c1-2-7-6(8(9)10)4-3-5-11-7/h2,6-7H,1,3-5H2,(H,9,10)/t6-,7+/m1/s1. The summed E-state index contributed by atoms with van der Waals surface area (Å²) in [6, 6.07) is 0. The Balaban J connectivity index is 2.58. The SMILES string of the molecule is C=C[C@@H]1OCCC[C@H]1C(=O)O. The van der Waals surface area contributed by atoms with Gasteiger partial charge in [0.15, 0.2) is 0 Å². The van der Waals surface area contributed by atoms with E-state index >= 15 is 0 Å². The fourth-order valence-corrected chi connectivity index (χ4v) is 1.30. The molecule has 0 aromatic heterocycles. The van der Waals surface area contributed by atoms with Gasteiger partial charge in [-0.15, -0.1) is 6.58 Å². The van der Waals surface area contributed by atoms with Crippen LogP contribution in [0.4, 0.5) is 0 Å². The summed E-state index contributed by atoms with van der Waals surface area (Å²) in [4.78, 5) is 10.6. The Morgan fingerprint density at radius 3 is 2.91 bits per heavy atom. The maximum atomic E-state index is 10.6. The molecule has 0 bridgehead atoms. The summed E-state index contributed by atoms with van der Waals surface area (Å²) in [5.74, 6) is -1.17. The molecule has 0 unspecified atom stereocenters. The van der Waals surface area contributed by atoms with Gasteiger partial charge in [-0.25, -0.2) is 0 Å². The van der Waals surface area contributed by atoms with E-state index in [9.17, 15) is 4.79 Å². The number of carboxylic acid groups (broad SMARTS) is 1. The summed E-state index contributed by atoms with van der Waals surface area (Å²) >= 11 is 0. The van der Waals surface area contributed by atoms with Gasteiger partial charge in [-0.1, -0.05) is 6.08 Å². The highest BCUT2D eigenvalue weighted by molar-refractivity contribution is 5.71.